The molecule has 19 heavy (non-hydrogen) atoms. The van der Waals surface area contributed by atoms with Crippen molar-refractivity contribution in [2.24, 2.45) is 5.73 Å². The maximum absolute atomic E-state index is 13.8. The number of hydrogen-bond donors (Lipinski definition) is 1. The molecule has 1 aromatic carbocycles. The Labute approximate surface area is 116 Å². The van der Waals surface area contributed by atoms with Crippen molar-refractivity contribution in [3.63, 3.8) is 0 Å². The summed E-state index contributed by atoms with van der Waals surface area (Å²) in [5, 5.41) is 0.0951. The van der Waals surface area contributed by atoms with Gasteiger partial charge in [0.05, 0.1) is 23.9 Å². The first-order chi connectivity index (χ1) is 9.13. The van der Waals surface area contributed by atoms with Crippen LogP contribution in [0.25, 0.3) is 0 Å². The lowest BCUT2D eigenvalue weighted by molar-refractivity contribution is 0.401. The van der Waals surface area contributed by atoms with E-state index in [0.29, 0.717) is 23.4 Å². The van der Waals surface area contributed by atoms with Gasteiger partial charge in [-0.15, -0.1) is 0 Å². The van der Waals surface area contributed by atoms with Crippen LogP contribution in [-0.2, 0) is 6.42 Å². The predicted molar refractivity (Wildman–Crippen MR) is 72.8 cm³/mol. The van der Waals surface area contributed by atoms with Crippen molar-refractivity contribution in [2.75, 3.05) is 7.11 Å². The molecule has 0 saturated heterocycles. The Morgan fingerprint density at radius 1 is 1.37 bits per heavy atom. The molecule has 0 aliphatic carbocycles. The Hall–Kier alpha value is -1.65. The van der Waals surface area contributed by atoms with Gasteiger partial charge in [-0.1, -0.05) is 23.7 Å². The van der Waals surface area contributed by atoms with Gasteiger partial charge in [-0.25, -0.2) is 4.39 Å². The van der Waals surface area contributed by atoms with E-state index in [2.05, 4.69) is 4.98 Å². The van der Waals surface area contributed by atoms with Crippen LogP contribution < -0.4 is 10.5 Å². The van der Waals surface area contributed by atoms with Crippen molar-refractivity contribution in [2.45, 2.75) is 12.5 Å². The fourth-order valence-electron chi connectivity index (χ4n) is 1.89. The Balaban J connectivity index is 2.26. The SMILES string of the molecule is COc1cccnc1C(N)Cc1cccc(Cl)c1F. The summed E-state index contributed by atoms with van der Waals surface area (Å²) in [6.45, 7) is 0. The summed E-state index contributed by atoms with van der Waals surface area (Å²) in [6, 6.07) is 7.95. The van der Waals surface area contributed by atoms with E-state index in [9.17, 15) is 4.39 Å². The predicted octanol–water partition coefficient (Wildman–Crippen LogP) is 3.13. The number of aromatic nitrogens is 1. The van der Waals surface area contributed by atoms with Gasteiger partial charge in [-0.05, 0) is 30.2 Å². The standard InChI is InChI=1S/C14H14ClFN2O/c1-19-12-6-3-7-18-14(12)11(17)8-9-4-2-5-10(15)13(9)16/h2-7,11H,8,17H2,1H3. The third-order valence-electron chi connectivity index (χ3n) is 2.84. The van der Waals surface area contributed by atoms with E-state index >= 15 is 0 Å². The minimum Gasteiger partial charge on any atom is -0.495 e. The summed E-state index contributed by atoms with van der Waals surface area (Å²) in [5.41, 5.74) is 7.14. The monoisotopic (exact) mass is 280 g/mol. The van der Waals surface area contributed by atoms with Crippen molar-refractivity contribution in [1.29, 1.82) is 0 Å². The van der Waals surface area contributed by atoms with E-state index in [1.807, 2.05) is 0 Å². The second-order valence-corrected chi connectivity index (χ2v) is 4.52. The van der Waals surface area contributed by atoms with E-state index in [1.54, 1.807) is 37.6 Å². The third kappa shape index (κ3) is 3.03. The van der Waals surface area contributed by atoms with E-state index in [-0.39, 0.29) is 5.02 Å². The minimum atomic E-state index is -0.455. The average Bonchev–Trinajstić information content (AvgIpc) is 2.43. The molecule has 0 aliphatic rings. The molecule has 0 bridgehead atoms. The summed E-state index contributed by atoms with van der Waals surface area (Å²) >= 11 is 5.75. The zero-order valence-electron chi connectivity index (χ0n) is 10.4. The Bertz CT molecular complexity index is 577. The molecular weight excluding hydrogens is 267 g/mol. The van der Waals surface area contributed by atoms with Crippen molar-refractivity contribution in [3.8, 4) is 5.75 Å². The molecule has 0 aliphatic heterocycles. The largest absolute Gasteiger partial charge is 0.495 e. The summed E-state index contributed by atoms with van der Waals surface area (Å²) in [4.78, 5) is 4.19. The molecule has 0 spiro atoms. The summed E-state index contributed by atoms with van der Waals surface area (Å²) in [6.07, 6.45) is 1.94. The molecule has 1 aromatic heterocycles. The van der Waals surface area contributed by atoms with Crippen LogP contribution in [0.2, 0.25) is 5.02 Å². The molecule has 2 aromatic rings. The van der Waals surface area contributed by atoms with Crippen molar-refractivity contribution in [3.05, 3.63) is 58.6 Å². The number of nitrogens with two attached hydrogens (primary N) is 1. The normalized spacial score (nSPS) is 12.2. The molecule has 2 rings (SSSR count). The molecular formula is C14H14ClFN2O. The summed E-state index contributed by atoms with van der Waals surface area (Å²) in [7, 11) is 1.55. The van der Waals surface area contributed by atoms with Crippen LogP contribution in [0.5, 0.6) is 5.75 Å². The van der Waals surface area contributed by atoms with E-state index in [0.717, 1.165) is 0 Å². The molecule has 100 valence electrons. The summed E-state index contributed by atoms with van der Waals surface area (Å²) < 4.78 is 19.0. The van der Waals surface area contributed by atoms with E-state index in [1.165, 1.54) is 6.07 Å². The highest BCUT2D eigenvalue weighted by Gasteiger charge is 2.16. The number of ether oxygens (including phenoxy) is 1. The molecule has 0 saturated carbocycles. The minimum absolute atomic E-state index is 0.0951. The smallest absolute Gasteiger partial charge is 0.145 e. The molecule has 0 radical (unpaired) electrons. The molecule has 0 amide bonds. The molecule has 1 heterocycles. The molecule has 5 heteroatoms. The highest BCUT2D eigenvalue weighted by Crippen LogP contribution is 2.26. The number of rotatable bonds is 4. The molecule has 3 nitrogen and oxygen atoms in total. The second kappa shape index (κ2) is 5.99. The number of pyridine rings is 1. The van der Waals surface area contributed by atoms with Gasteiger partial charge in [0.25, 0.3) is 0 Å². The number of benzene rings is 1. The Morgan fingerprint density at radius 2 is 2.16 bits per heavy atom. The topological polar surface area (TPSA) is 48.1 Å². The molecule has 1 unspecified atom stereocenters. The van der Waals surface area contributed by atoms with Crippen LogP contribution in [0.3, 0.4) is 0 Å². The molecule has 0 fully saturated rings. The fraction of sp³-hybridized carbons (Fsp3) is 0.214. The van der Waals surface area contributed by atoms with Gasteiger partial charge in [0, 0.05) is 6.20 Å². The first-order valence-electron chi connectivity index (χ1n) is 5.81. The van der Waals surface area contributed by atoms with Crippen molar-refractivity contribution >= 4 is 11.6 Å². The highest BCUT2D eigenvalue weighted by atomic mass is 35.5. The zero-order valence-corrected chi connectivity index (χ0v) is 11.2. The first-order valence-corrected chi connectivity index (χ1v) is 6.18. The third-order valence-corrected chi connectivity index (χ3v) is 3.13. The lowest BCUT2D eigenvalue weighted by Gasteiger charge is -2.15. The maximum Gasteiger partial charge on any atom is 0.145 e. The van der Waals surface area contributed by atoms with Gasteiger partial charge < -0.3 is 10.5 Å². The van der Waals surface area contributed by atoms with E-state index in [4.69, 9.17) is 22.1 Å². The lowest BCUT2D eigenvalue weighted by atomic mass is 10.0. The van der Waals surface area contributed by atoms with Crippen LogP contribution in [0.15, 0.2) is 36.5 Å². The van der Waals surface area contributed by atoms with Crippen LogP contribution in [0, 0.1) is 5.82 Å². The van der Waals surface area contributed by atoms with Gasteiger partial charge in [-0.3, -0.25) is 4.98 Å². The quantitative estimate of drug-likeness (QED) is 0.936. The zero-order chi connectivity index (χ0) is 13.8. The Kier molecular flexibility index (Phi) is 4.35. The first kappa shape index (κ1) is 13.8. The van der Waals surface area contributed by atoms with Gasteiger partial charge in [0.1, 0.15) is 11.6 Å². The summed E-state index contributed by atoms with van der Waals surface area (Å²) in [5.74, 6) is 0.159. The number of nitrogens with zero attached hydrogens (tertiary/aromatic N) is 1. The van der Waals surface area contributed by atoms with Gasteiger partial charge in [0.2, 0.25) is 0 Å². The van der Waals surface area contributed by atoms with Crippen LogP contribution in [0.4, 0.5) is 4.39 Å². The fourth-order valence-corrected chi connectivity index (χ4v) is 2.09. The molecule has 2 N–H and O–H groups in total. The lowest BCUT2D eigenvalue weighted by Crippen LogP contribution is -2.16. The Morgan fingerprint density at radius 3 is 2.89 bits per heavy atom. The highest BCUT2D eigenvalue weighted by molar-refractivity contribution is 6.30. The van der Waals surface area contributed by atoms with Gasteiger partial charge >= 0.3 is 0 Å². The number of halogens is 2. The van der Waals surface area contributed by atoms with E-state index < -0.39 is 11.9 Å². The number of hydrogen-bond acceptors (Lipinski definition) is 3. The second-order valence-electron chi connectivity index (χ2n) is 4.11. The number of methoxy groups -OCH3 is 1. The average molecular weight is 281 g/mol. The van der Waals surface area contributed by atoms with Crippen molar-refractivity contribution in [1.82, 2.24) is 4.98 Å². The van der Waals surface area contributed by atoms with Crippen molar-refractivity contribution < 1.29 is 9.13 Å². The van der Waals surface area contributed by atoms with Crippen LogP contribution in [-0.4, -0.2) is 12.1 Å². The maximum atomic E-state index is 13.8. The van der Waals surface area contributed by atoms with Crippen LogP contribution >= 0.6 is 11.6 Å². The molecule has 1 atom stereocenters. The van der Waals surface area contributed by atoms with Crippen LogP contribution in [0.1, 0.15) is 17.3 Å². The van der Waals surface area contributed by atoms with Gasteiger partial charge in [0.15, 0.2) is 0 Å². The van der Waals surface area contributed by atoms with Gasteiger partial charge in [-0.2, -0.15) is 0 Å².